The Kier molecular flexibility index (Phi) is 17.3. The number of nitrogens with zero attached hydrogens (tertiary/aromatic N) is 3. The van der Waals surface area contributed by atoms with Crippen molar-refractivity contribution in [2.45, 2.75) is 73.4 Å². The topological polar surface area (TPSA) is 70.4 Å². The van der Waals surface area contributed by atoms with Gasteiger partial charge in [-0.1, -0.05) is 0 Å². The van der Waals surface area contributed by atoms with Gasteiger partial charge in [0.2, 0.25) is 0 Å². The second-order valence-corrected chi connectivity index (χ2v) is 26.3. The van der Waals surface area contributed by atoms with E-state index in [4.69, 9.17) is 0 Å². The van der Waals surface area contributed by atoms with Crippen LogP contribution in [-0.4, -0.2) is 112 Å². The molecule has 0 saturated heterocycles. The summed E-state index contributed by atoms with van der Waals surface area (Å²) in [6.45, 7) is 11.2. The third-order valence-corrected chi connectivity index (χ3v) is 19.6. The zero-order valence-corrected chi connectivity index (χ0v) is 42.9. The second-order valence-electron chi connectivity index (χ2n) is 16.3. The Hall–Kier alpha value is -3.24. The average molecular weight is 1200 g/mol. The molecule has 0 spiro atoms. The van der Waals surface area contributed by atoms with E-state index >= 15 is 0 Å². The minimum atomic E-state index is -0.626. The van der Waals surface area contributed by atoms with Gasteiger partial charge in [0.05, 0.1) is 0 Å². The fourth-order valence-corrected chi connectivity index (χ4v) is 15.9. The summed E-state index contributed by atoms with van der Waals surface area (Å²) in [6.07, 6.45) is 0. The van der Waals surface area contributed by atoms with Gasteiger partial charge in [-0.2, -0.15) is 0 Å². The number of fused-ring (bicyclic) bond motifs is 6. The Morgan fingerprint density at radius 1 is 0.381 bits per heavy atom. The van der Waals surface area contributed by atoms with Gasteiger partial charge < -0.3 is 0 Å². The molecule has 330 valence electrons. The van der Waals surface area contributed by atoms with Crippen molar-refractivity contribution >= 4 is 73.6 Å². The summed E-state index contributed by atoms with van der Waals surface area (Å²) in [5.74, 6) is 0.0464. The van der Waals surface area contributed by atoms with Gasteiger partial charge in [0, 0.05) is 0 Å². The third-order valence-electron chi connectivity index (χ3n) is 11.1. The quantitative estimate of drug-likeness (QED) is 0.109. The monoisotopic (exact) mass is 1200 g/mol. The molecule has 1 aliphatic heterocycles. The maximum absolute atomic E-state index is 13.7. The summed E-state index contributed by atoms with van der Waals surface area (Å²) in [5.41, 5.74) is 8.02. The molecule has 0 aliphatic carbocycles. The van der Waals surface area contributed by atoms with Crippen LogP contribution in [0, 0.1) is 38.2 Å². The molecule has 0 radical (unpaired) electrons. The van der Waals surface area contributed by atoms with Gasteiger partial charge in [-0.3, -0.25) is 0 Å². The van der Waals surface area contributed by atoms with Crippen LogP contribution in [0.5, 0.6) is 17.2 Å². The summed E-state index contributed by atoms with van der Waals surface area (Å²) >= 11 is -1.88. The molecule has 63 heavy (non-hydrogen) atoms. The Labute approximate surface area is 400 Å². The third kappa shape index (κ3) is 13.9. The summed E-state index contributed by atoms with van der Waals surface area (Å²) in [6, 6.07) is 32.8. The summed E-state index contributed by atoms with van der Waals surface area (Å²) in [4.78, 5) is 6.95. The molecule has 3 N–H and O–H groups in total. The molecular weight excluding hydrogens is 1140 g/mol. The molecule has 6 nitrogen and oxygen atoms in total. The Balaban J connectivity index is 1.25. The van der Waals surface area contributed by atoms with Gasteiger partial charge in [0.25, 0.3) is 0 Å². The molecule has 0 saturated carbocycles. The van der Waals surface area contributed by atoms with Crippen LogP contribution in [0.25, 0.3) is 0 Å². The molecule has 6 bridgehead atoms. The van der Waals surface area contributed by atoms with Crippen molar-refractivity contribution in [1.82, 2.24) is 14.7 Å². The van der Waals surface area contributed by atoms with E-state index in [1.165, 1.54) is 47.2 Å². The number of halogens is 3. The van der Waals surface area contributed by atoms with E-state index in [2.05, 4.69) is 71.9 Å². The van der Waals surface area contributed by atoms with Gasteiger partial charge >= 0.3 is 404 Å². The van der Waals surface area contributed by atoms with Crippen LogP contribution < -0.4 is 10.8 Å². The van der Waals surface area contributed by atoms with Crippen molar-refractivity contribution in [3.63, 3.8) is 0 Å². The molecule has 0 aromatic heterocycles. The van der Waals surface area contributed by atoms with Gasteiger partial charge in [-0.15, -0.1) is 0 Å². The normalized spacial score (nSPS) is 14.4. The molecule has 1 heterocycles. The number of aromatic hydroxyl groups is 3. The zero-order chi connectivity index (χ0) is 44.5. The van der Waals surface area contributed by atoms with E-state index in [1.54, 1.807) is 0 Å². The Morgan fingerprint density at radius 2 is 0.587 bits per heavy atom. The van der Waals surface area contributed by atoms with Crippen LogP contribution in [0.4, 0.5) is 13.2 Å². The number of hydrogen-bond donors (Lipinski definition) is 3. The van der Waals surface area contributed by atoms with E-state index in [1.807, 2.05) is 36.4 Å². The minimum absolute atomic E-state index is 0.239. The van der Waals surface area contributed by atoms with E-state index in [0.717, 1.165) is 83.1 Å². The first-order valence-corrected chi connectivity index (χ1v) is 29.6. The van der Waals surface area contributed by atoms with Crippen LogP contribution in [0.2, 0.25) is 13.4 Å². The van der Waals surface area contributed by atoms with Crippen molar-refractivity contribution in [2.24, 2.45) is 0 Å². The number of rotatable bonds is 12. The van der Waals surface area contributed by atoms with Gasteiger partial charge in [-0.05, 0) is 0 Å². The second kappa shape index (κ2) is 22.8. The fraction of sp³-hybridized carbons (Fsp3) is 0.294. The molecule has 6 aromatic rings. The maximum atomic E-state index is 13.7. The van der Waals surface area contributed by atoms with E-state index in [-0.39, 0.29) is 34.7 Å². The number of hydrogen-bond acceptors (Lipinski definition) is 6. The molecular formula is C51H54F3N3O3Te3. The SMILES string of the molecule is Cc1cc2c(O)c(c1)CN(CC[Te]c1ccc(F)cc1)Cc1cc(C)cc(c1O)CN(CC[Te]c1ccc(F)cc1)Cc1cc(C)cc(c1O)CN(CC[Te]c1ccc(F)cc1)C2. The molecule has 1 aliphatic rings. The van der Waals surface area contributed by atoms with Crippen molar-refractivity contribution < 1.29 is 28.5 Å². The standard InChI is InChI=1S/C51H54F3N3O3Te3/c1-34-22-37-28-55(16-19-61-46-10-4-43(52)5-11-46)30-39-24-35(2)26-41(50(39)59)32-57(18-21-63-48-14-8-45(54)9-15-48)33-42-27-36(3)25-40(51(42)60)31-56(29-38(23-34)49(37)58)17-20-62-47-12-6-44(53)7-13-47/h4-15,22-27,58-60H,16-21,28-33H2,1-3H3. The van der Waals surface area contributed by atoms with Crippen LogP contribution in [0.1, 0.15) is 50.1 Å². The summed E-state index contributed by atoms with van der Waals surface area (Å²) < 4.78 is 47.6. The molecule has 0 fully saturated rings. The van der Waals surface area contributed by atoms with Crippen LogP contribution in [0.15, 0.2) is 109 Å². The number of benzene rings is 6. The first-order chi connectivity index (χ1) is 30.3. The Bertz CT molecular complexity index is 2120. The fourth-order valence-electron chi connectivity index (χ4n) is 8.08. The molecule has 0 atom stereocenters. The van der Waals surface area contributed by atoms with E-state index < -0.39 is 62.8 Å². The summed E-state index contributed by atoms with van der Waals surface area (Å²) in [5, 5.41) is 36.3. The molecule has 7 rings (SSSR count). The molecule has 12 heteroatoms. The van der Waals surface area contributed by atoms with Gasteiger partial charge in [0.15, 0.2) is 0 Å². The number of aryl methyl sites for hydroxylation is 3. The average Bonchev–Trinajstić information content (AvgIpc) is 3.24. The van der Waals surface area contributed by atoms with Crippen LogP contribution >= 0.6 is 0 Å². The van der Waals surface area contributed by atoms with Gasteiger partial charge in [0.1, 0.15) is 0 Å². The Morgan fingerprint density at radius 3 is 0.794 bits per heavy atom. The van der Waals surface area contributed by atoms with Crippen LogP contribution in [-0.2, 0) is 39.3 Å². The zero-order valence-electron chi connectivity index (χ0n) is 35.9. The number of phenols is 3. The van der Waals surface area contributed by atoms with Crippen LogP contribution in [0.3, 0.4) is 0 Å². The van der Waals surface area contributed by atoms with Gasteiger partial charge in [-0.25, -0.2) is 0 Å². The van der Waals surface area contributed by atoms with Crippen molar-refractivity contribution in [2.75, 3.05) is 19.6 Å². The van der Waals surface area contributed by atoms with Crippen molar-refractivity contribution in [1.29, 1.82) is 0 Å². The first kappa shape index (κ1) is 47.7. The molecule has 6 aromatic carbocycles. The van der Waals surface area contributed by atoms with Crippen molar-refractivity contribution in [3.8, 4) is 17.2 Å². The van der Waals surface area contributed by atoms with E-state index in [0.29, 0.717) is 39.3 Å². The predicted octanol–water partition coefficient (Wildman–Crippen LogP) is 7.81. The molecule has 0 amide bonds. The number of phenolic OH excluding ortho intramolecular Hbond substituents is 3. The molecule has 0 unspecified atom stereocenters. The summed E-state index contributed by atoms with van der Waals surface area (Å²) in [7, 11) is 0. The van der Waals surface area contributed by atoms with Crippen molar-refractivity contribution in [3.05, 3.63) is 177 Å². The first-order valence-electron chi connectivity index (χ1n) is 21.1. The predicted molar refractivity (Wildman–Crippen MR) is 251 cm³/mol. The van der Waals surface area contributed by atoms with E-state index in [9.17, 15) is 28.5 Å².